The number of benzene rings is 2. The van der Waals surface area contributed by atoms with E-state index in [1.165, 1.54) is 30.0 Å². The molecule has 3 aromatic rings. The topological polar surface area (TPSA) is 69.9 Å². The molecule has 0 saturated carbocycles. The fourth-order valence-corrected chi connectivity index (χ4v) is 2.32. The quantitative estimate of drug-likeness (QED) is 0.513. The molecule has 6 nitrogen and oxygen atoms in total. The van der Waals surface area contributed by atoms with Crippen LogP contribution in [0.15, 0.2) is 42.5 Å². The predicted octanol–water partition coefficient (Wildman–Crippen LogP) is 3.39. The molecule has 1 heterocycles. The van der Waals surface area contributed by atoms with E-state index < -0.39 is 23.5 Å². The minimum atomic E-state index is -4.51. The van der Waals surface area contributed by atoms with Crippen LogP contribution in [0.2, 0.25) is 0 Å². The summed E-state index contributed by atoms with van der Waals surface area (Å²) in [7, 11) is 1.53. The average molecular weight is 380 g/mol. The van der Waals surface area contributed by atoms with Crippen LogP contribution in [0.5, 0.6) is 0 Å². The minimum Gasteiger partial charge on any atom is -0.454 e. The van der Waals surface area contributed by atoms with E-state index >= 15 is 0 Å². The summed E-state index contributed by atoms with van der Waals surface area (Å²) in [5.74, 6) is -1.72. The molecule has 0 atom stereocenters. The second-order valence-corrected chi connectivity index (χ2v) is 5.54. The molecule has 0 radical (unpaired) electrons. The maximum absolute atomic E-state index is 14.3. The highest BCUT2D eigenvalue weighted by Crippen LogP contribution is 2.32. The summed E-state index contributed by atoms with van der Waals surface area (Å²) in [6, 6.07) is 7.95. The van der Waals surface area contributed by atoms with Crippen molar-refractivity contribution in [3.63, 3.8) is 0 Å². The number of hydrogen-bond donors (Lipinski definition) is 0. The van der Waals surface area contributed by atoms with Gasteiger partial charge in [0.15, 0.2) is 6.61 Å². The Morgan fingerprint density at radius 3 is 2.52 bits per heavy atom. The standard InChI is InChI=1S/C17H12F4N4O2/c1-25-23-15(22-24-25)9-27-16(26)13-6-5-11(8-14(13)18)10-3-2-4-12(7-10)17(19,20)21/h2-8H,9H2,1H3. The SMILES string of the molecule is Cn1nnc(COC(=O)c2ccc(-c3cccc(C(F)(F)F)c3)cc2F)n1. The molecule has 10 heteroatoms. The van der Waals surface area contributed by atoms with Crippen LogP contribution in [-0.4, -0.2) is 26.2 Å². The zero-order valence-electron chi connectivity index (χ0n) is 13.9. The first-order valence-electron chi connectivity index (χ1n) is 7.61. The van der Waals surface area contributed by atoms with E-state index in [9.17, 15) is 22.4 Å². The molecule has 0 unspecified atom stereocenters. The van der Waals surface area contributed by atoms with Crippen molar-refractivity contribution in [3.8, 4) is 11.1 Å². The van der Waals surface area contributed by atoms with Crippen molar-refractivity contribution in [1.82, 2.24) is 20.2 Å². The van der Waals surface area contributed by atoms with E-state index in [0.717, 1.165) is 24.3 Å². The number of hydrogen-bond acceptors (Lipinski definition) is 5. The number of halogens is 4. The number of esters is 1. The van der Waals surface area contributed by atoms with Crippen molar-refractivity contribution >= 4 is 5.97 Å². The lowest BCUT2D eigenvalue weighted by molar-refractivity contribution is -0.137. The maximum atomic E-state index is 14.3. The Bertz CT molecular complexity index is 985. The van der Waals surface area contributed by atoms with Gasteiger partial charge in [-0.3, -0.25) is 0 Å². The molecule has 3 rings (SSSR count). The summed E-state index contributed by atoms with van der Waals surface area (Å²) in [6.07, 6.45) is -4.51. The van der Waals surface area contributed by atoms with Gasteiger partial charge < -0.3 is 4.74 Å². The Balaban J connectivity index is 1.78. The van der Waals surface area contributed by atoms with Crippen molar-refractivity contribution in [1.29, 1.82) is 0 Å². The molecule has 0 spiro atoms. The average Bonchev–Trinajstić information content (AvgIpc) is 3.04. The summed E-state index contributed by atoms with van der Waals surface area (Å²) in [4.78, 5) is 13.2. The lowest BCUT2D eigenvalue weighted by Crippen LogP contribution is -2.09. The number of carbonyl (C=O) groups is 1. The van der Waals surface area contributed by atoms with Gasteiger partial charge >= 0.3 is 12.1 Å². The van der Waals surface area contributed by atoms with Gasteiger partial charge in [0.2, 0.25) is 5.82 Å². The van der Waals surface area contributed by atoms with Crippen LogP contribution in [0.3, 0.4) is 0 Å². The van der Waals surface area contributed by atoms with Crippen LogP contribution < -0.4 is 0 Å². The van der Waals surface area contributed by atoms with Gasteiger partial charge in [0.05, 0.1) is 18.2 Å². The highest BCUT2D eigenvalue weighted by atomic mass is 19.4. The van der Waals surface area contributed by atoms with Crippen LogP contribution in [0.1, 0.15) is 21.7 Å². The van der Waals surface area contributed by atoms with Gasteiger partial charge in [-0.1, -0.05) is 18.2 Å². The number of ether oxygens (including phenoxy) is 1. The molecular weight excluding hydrogens is 368 g/mol. The molecule has 0 N–H and O–H groups in total. The number of alkyl halides is 3. The van der Waals surface area contributed by atoms with Crippen LogP contribution in [0.25, 0.3) is 11.1 Å². The Hall–Kier alpha value is -3.30. The first-order valence-corrected chi connectivity index (χ1v) is 7.61. The Morgan fingerprint density at radius 2 is 1.89 bits per heavy atom. The highest BCUT2D eigenvalue weighted by molar-refractivity contribution is 5.90. The van der Waals surface area contributed by atoms with Crippen molar-refractivity contribution in [2.45, 2.75) is 12.8 Å². The Labute approximate surface area is 150 Å². The third kappa shape index (κ3) is 4.27. The van der Waals surface area contributed by atoms with Gasteiger partial charge in [-0.2, -0.15) is 18.0 Å². The molecule has 1 aromatic heterocycles. The summed E-state index contributed by atoms with van der Waals surface area (Å²) < 4.78 is 57.6. The van der Waals surface area contributed by atoms with Gasteiger partial charge in [-0.15, -0.1) is 10.2 Å². The number of rotatable bonds is 4. The number of tetrazole rings is 1. The second-order valence-electron chi connectivity index (χ2n) is 5.54. The summed E-state index contributed by atoms with van der Waals surface area (Å²) >= 11 is 0. The van der Waals surface area contributed by atoms with Gasteiger partial charge in [0, 0.05) is 0 Å². The van der Waals surface area contributed by atoms with E-state index in [-0.39, 0.29) is 29.1 Å². The molecule has 0 fully saturated rings. The molecular formula is C17H12F4N4O2. The van der Waals surface area contributed by atoms with Crippen LogP contribution >= 0.6 is 0 Å². The molecule has 2 aromatic carbocycles. The van der Waals surface area contributed by atoms with Crippen molar-refractivity contribution in [2.24, 2.45) is 7.05 Å². The number of aryl methyl sites for hydroxylation is 1. The number of aromatic nitrogens is 4. The zero-order valence-corrected chi connectivity index (χ0v) is 13.9. The van der Waals surface area contributed by atoms with Crippen LogP contribution in [0.4, 0.5) is 17.6 Å². The first kappa shape index (κ1) is 18.5. The van der Waals surface area contributed by atoms with Crippen LogP contribution in [0, 0.1) is 5.82 Å². The molecule has 27 heavy (non-hydrogen) atoms. The normalized spacial score (nSPS) is 11.4. The van der Waals surface area contributed by atoms with Crippen LogP contribution in [-0.2, 0) is 24.6 Å². The lowest BCUT2D eigenvalue weighted by Gasteiger charge is -2.10. The van der Waals surface area contributed by atoms with Crippen molar-refractivity contribution < 1.29 is 27.1 Å². The molecule has 0 amide bonds. The number of nitrogens with zero attached hydrogens (tertiary/aromatic N) is 4. The molecule has 0 aliphatic rings. The largest absolute Gasteiger partial charge is 0.454 e. The highest BCUT2D eigenvalue weighted by Gasteiger charge is 2.30. The van der Waals surface area contributed by atoms with Crippen molar-refractivity contribution in [2.75, 3.05) is 0 Å². The Morgan fingerprint density at radius 1 is 1.15 bits per heavy atom. The monoisotopic (exact) mass is 380 g/mol. The molecule has 0 aliphatic heterocycles. The fraction of sp³-hybridized carbons (Fsp3) is 0.176. The third-order valence-electron chi connectivity index (χ3n) is 3.59. The van der Waals surface area contributed by atoms with E-state index in [4.69, 9.17) is 4.74 Å². The molecule has 140 valence electrons. The molecule has 0 saturated heterocycles. The fourth-order valence-electron chi connectivity index (χ4n) is 2.32. The third-order valence-corrected chi connectivity index (χ3v) is 3.59. The predicted molar refractivity (Wildman–Crippen MR) is 84.8 cm³/mol. The molecule has 0 aliphatic carbocycles. The summed E-state index contributed by atoms with van der Waals surface area (Å²) in [5, 5.41) is 11.0. The lowest BCUT2D eigenvalue weighted by atomic mass is 10.0. The zero-order chi connectivity index (χ0) is 19.6. The Kier molecular flexibility index (Phi) is 4.89. The second kappa shape index (κ2) is 7.14. The maximum Gasteiger partial charge on any atom is 0.416 e. The summed E-state index contributed by atoms with van der Waals surface area (Å²) in [6.45, 7) is -0.290. The van der Waals surface area contributed by atoms with E-state index in [1.54, 1.807) is 0 Å². The van der Waals surface area contributed by atoms with Crippen molar-refractivity contribution in [3.05, 3.63) is 65.2 Å². The smallest absolute Gasteiger partial charge is 0.416 e. The molecule has 0 bridgehead atoms. The van der Waals surface area contributed by atoms with Gasteiger partial charge in [-0.05, 0) is 40.6 Å². The van der Waals surface area contributed by atoms with E-state index in [2.05, 4.69) is 15.4 Å². The van der Waals surface area contributed by atoms with E-state index in [1.807, 2.05) is 0 Å². The van der Waals surface area contributed by atoms with E-state index in [0.29, 0.717) is 0 Å². The van der Waals surface area contributed by atoms with Gasteiger partial charge in [-0.25, -0.2) is 9.18 Å². The number of carbonyl (C=O) groups excluding carboxylic acids is 1. The van der Waals surface area contributed by atoms with Gasteiger partial charge in [0.25, 0.3) is 0 Å². The first-order chi connectivity index (χ1) is 12.7. The summed E-state index contributed by atoms with van der Waals surface area (Å²) in [5.41, 5.74) is -0.826. The minimum absolute atomic E-state index is 0.145. The van der Waals surface area contributed by atoms with Gasteiger partial charge in [0.1, 0.15) is 5.82 Å².